The summed E-state index contributed by atoms with van der Waals surface area (Å²) in [6.45, 7) is 3.77. The lowest BCUT2D eigenvalue weighted by Crippen LogP contribution is -2.53. The molecule has 0 unspecified atom stereocenters. The summed E-state index contributed by atoms with van der Waals surface area (Å²) in [5.41, 5.74) is 1.12. The van der Waals surface area contributed by atoms with Crippen LogP contribution in [0, 0.1) is 0 Å². The Balaban J connectivity index is 1.53. The molecule has 0 radical (unpaired) electrons. The zero-order chi connectivity index (χ0) is 16.4. The fourth-order valence-electron chi connectivity index (χ4n) is 3.84. The van der Waals surface area contributed by atoms with Crippen molar-refractivity contribution in [2.75, 3.05) is 26.2 Å². The summed E-state index contributed by atoms with van der Waals surface area (Å²) in [5.74, 6) is 0.123. The van der Waals surface area contributed by atoms with Gasteiger partial charge >= 0.3 is 0 Å². The van der Waals surface area contributed by atoms with E-state index < -0.39 is 0 Å². The van der Waals surface area contributed by atoms with E-state index in [-0.39, 0.29) is 11.9 Å². The highest BCUT2D eigenvalue weighted by molar-refractivity contribution is 5.80. The van der Waals surface area contributed by atoms with Gasteiger partial charge in [-0.25, -0.2) is 4.68 Å². The molecular formula is C17H22N6O. The van der Waals surface area contributed by atoms with Gasteiger partial charge in [0.05, 0.1) is 0 Å². The van der Waals surface area contributed by atoms with Crippen molar-refractivity contribution in [3.63, 3.8) is 0 Å². The summed E-state index contributed by atoms with van der Waals surface area (Å²) in [6.07, 6.45) is 4.58. The first kappa shape index (κ1) is 15.3. The minimum Gasteiger partial charge on any atom is -0.338 e. The molecule has 2 aliphatic heterocycles. The molecule has 2 fully saturated rings. The summed E-state index contributed by atoms with van der Waals surface area (Å²) in [4.78, 5) is 17.7. The maximum Gasteiger partial charge on any atom is 0.248 e. The van der Waals surface area contributed by atoms with E-state index in [2.05, 4.69) is 20.4 Å². The first-order valence-electron chi connectivity index (χ1n) is 8.60. The van der Waals surface area contributed by atoms with E-state index in [1.165, 1.54) is 25.7 Å². The van der Waals surface area contributed by atoms with Crippen molar-refractivity contribution in [3.8, 4) is 0 Å². The molecule has 2 atom stereocenters. The van der Waals surface area contributed by atoms with Gasteiger partial charge < -0.3 is 4.90 Å². The normalized spacial score (nSPS) is 22.3. The number of benzene rings is 1. The zero-order valence-electron chi connectivity index (χ0n) is 13.7. The Morgan fingerprint density at radius 1 is 1.21 bits per heavy atom. The van der Waals surface area contributed by atoms with Gasteiger partial charge in [0.15, 0.2) is 0 Å². The number of amides is 1. The summed E-state index contributed by atoms with van der Waals surface area (Å²) < 4.78 is 1.59. The Kier molecular flexibility index (Phi) is 4.25. The number of hydrogen-bond acceptors (Lipinski definition) is 5. The van der Waals surface area contributed by atoms with Gasteiger partial charge in [0.25, 0.3) is 0 Å². The minimum atomic E-state index is -0.379. The van der Waals surface area contributed by atoms with Crippen LogP contribution in [0.5, 0.6) is 0 Å². The molecule has 0 N–H and O–H groups in total. The fourth-order valence-corrected chi connectivity index (χ4v) is 3.84. The van der Waals surface area contributed by atoms with Crippen molar-refractivity contribution >= 4 is 5.91 Å². The first-order chi connectivity index (χ1) is 11.8. The zero-order valence-corrected chi connectivity index (χ0v) is 13.7. The van der Waals surface area contributed by atoms with Crippen molar-refractivity contribution in [2.24, 2.45) is 0 Å². The number of aromatic nitrogens is 4. The van der Waals surface area contributed by atoms with Crippen LogP contribution in [0.4, 0.5) is 0 Å². The Labute approximate surface area is 141 Å². The second-order valence-corrected chi connectivity index (χ2v) is 6.61. The standard InChI is InChI=1S/C17H22N6O/c24-17(22-10-9-21-8-4-7-15(21)12-22)16(23-13-18-19-20-23)11-14-5-2-1-3-6-14/h1-3,5-6,13,15-16H,4,7-12H2/t15-,16-/m0/s1. The Morgan fingerprint density at radius 3 is 2.88 bits per heavy atom. The van der Waals surface area contributed by atoms with E-state index in [1.807, 2.05) is 35.2 Å². The molecule has 1 aromatic carbocycles. The smallest absolute Gasteiger partial charge is 0.248 e. The van der Waals surface area contributed by atoms with Gasteiger partial charge in [0.2, 0.25) is 5.91 Å². The molecule has 7 nitrogen and oxygen atoms in total. The molecule has 1 aromatic heterocycles. The van der Waals surface area contributed by atoms with Gasteiger partial charge in [-0.15, -0.1) is 5.10 Å². The van der Waals surface area contributed by atoms with Crippen molar-refractivity contribution in [3.05, 3.63) is 42.2 Å². The Hall–Kier alpha value is -2.28. The molecule has 0 saturated carbocycles. The first-order valence-corrected chi connectivity index (χ1v) is 8.60. The van der Waals surface area contributed by atoms with Crippen molar-refractivity contribution in [2.45, 2.75) is 31.3 Å². The number of carbonyl (C=O) groups excluding carboxylic acids is 1. The third-order valence-corrected chi connectivity index (χ3v) is 5.14. The summed E-state index contributed by atoms with van der Waals surface area (Å²) in [7, 11) is 0. The van der Waals surface area contributed by atoms with Gasteiger partial charge in [-0.05, 0) is 35.4 Å². The van der Waals surface area contributed by atoms with E-state index >= 15 is 0 Å². The Bertz CT molecular complexity index is 674. The van der Waals surface area contributed by atoms with Crippen LogP contribution in [0.3, 0.4) is 0 Å². The topological polar surface area (TPSA) is 67.2 Å². The monoisotopic (exact) mass is 326 g/mol. The molecule has 3 heterocycles. The minimum absolute atomic E-state index is 0.123. The highest BCUT2D eigenvalue weighted by Crippen LogP contribution is 2.24. The van der Waals surface area contributed by atoms with Gasteiger partial charge in [-0.3, -0.25) is 9.69 Å². The number of fused-ring (bicyclic) bond motifs is 1. The molecule has 2 aromatic rings. The van der Waals surface area contributed by atoms with Crippen LogP contribution in [0.1, 0.15) is 24.4 Å². The predicted molar refractivity (Wildman–Crippen MR) is 88.2 cm³/mol. The number of tetrazole rings is 1. The van der Waals surface area contributed by atoms with Crippen LogP contribution in [0.2, 0.25) is 0 Å². The Morgan fingerprint density at radius 2 is 2.08 bits per heavy atom. The van der Waals surface area contributed by atoms with Crippen LogP contribution in [0.15, 0.2) is 36.7 Å². The molecule has 2 aliphatic rings. The van der Waals surface area contributed by atoms with Gasteiger partial charge in [0, 0.05) is 32.1 Å². The molecule has 24 heavy (non-hydrogen) atoms. The summed E-state index contributed by atoms with van der Waals surface area (Å²) >= 11 is 0. The number of rotatable bonds is 4. The number of hydrogen-bond donors (Lipinski definition) is 0. The molecule has 0 bridgehead atoms. The quantitative estimate of drug-likeness (QED) is 0.830. The highest BCUT2D eigenvalue weighted by Gasteiger charge is 2.35. The van der Waals surface area contributed by atoms with Gasteiger partial charge in [-0.2, -0.15) is 0 Å². The third kappa shape index (κ3) is 3.03. The number of nitrogens with zero attached hydrogens (tertiary/aromatic N) is 6. The lowest BCUT2D eigenvalue weighted by Gasteiger charge is -2.38. The van der Waals surface area contributed by atoms with Crippen LogP contribution in [-0.4, -0.2) is 68.1 Å². The van der Waals surface area contributed by atoms with Crippen LogP contribution in [-0.2, 0) is 11.2 Å². The predicted octanol–water partition coefficient (Wildman–Crippen LogP) is 0.763. The van der Waals surface area contributed by atoms with Crippen LogP contribution < -0.4 is 0 Å². The maximum absolute atomic E-state index is 13.2. The van der Waals surface area contributed by atoms with Crippen molar-refractivity contribution < 1.29 is 4.79 Å². The lowest BCUT2D eigenvalue weighted by molar-refractivity contribution is -0.137. The van der Waals surface area contributed by atoms with E-state index in [1.54, 1.807) is 4.68 Å². The van der Waals surface area contributed by atoms with Crippen molar-refractivity contribution in [1.29, 1.82) is 0 Å². The van der Waals surface area contributed by atoms with E-state index in [0.29, 0.717) is 12.5 Å². The van der Waals surface area contributed by atoms with Gasteiger partial charge in [0.1, 0.15) is 12.4 Å². The SMILES string of the molecule is O=C([C@H](Cc1ccccc1)n1cnnn1)N1CCN2CCC[C@H]2C1. The molecule has 1 amide bonds. The second kappa shape index (κ2) is 6.68. The van der Waals surface area contributed by atoms with E-state index in [9.17, 15) is 4.79 Å². The average Bonchev–Trinajstić information content (AvgIpc) is 3.30. The molecular weight excluding hydrogens is 304 g/mol. The number of carbonyl (C=O) groups is 1. The van der Waals surface area contributed by atoms with E-state index in [0.717, 1.165) is 25.2 Å². The van der Waals surface area contributed by atoms with Crippen LogP contribution >= 0.6 is 0 Å². The maximum atomic E-state index is 13.2. The molecule has 126 valence electrons. The largest absolute Gasteiger partial charge is 0.338 e. The summed E-state index contributed by atoms with van der Waals surface area (Å²) in [6, 6.07) is 10.2. The van der Waals surface area contributed by atoms with E-state index in [4.69, 9.17) is 0 Å². The molecule has 7 heteroatoms. The van der Waals surface area contributed by atoms with Gasteiger partial charge in [-0.1, -0.05) is 30.3 Å². The lowest BCUT2D eigenvalue weighted by atomic mass is 10.0. The fraction of sp³-hybridized carbons (Fsp3) is 0.529. The second-order valence-electron chi connectivity index (χ2n) is 6.61. The summed E-state index contributed by atoms with van der Waals surface area (Å²) in [5, 5.41) is 11.4. The van der Waals surface area contributed by atoms with Crippen molar-refractivity contribution in [1.82, 2.24) is 30.0 Å². The molecule has 2 saturated heterocycles. The molecule has 4 rings (SSSR count). The number of piperazine rings is 1. The molecule has 0 spiro atoms. The highest BCUT2D eigenvalue weighted by atomic mass is 16.2. The third-order valence-electron chi connectivity index (χ3n) is 5.14. The van der Waals surface area contributed by atoms with Crippen LogP contribution in [0.25, 0.3) is 0 Å². The average molecular weight is 326 g/mol. The molecule has 0 aliphatic carbocycles.